The Balaban J connectivity index is 1.97. The molecular weight excluding hydrogens is 240 g/mol. The molecule has 0 unspecified atom stereocenters. The van der Waals surface area contributed by atoms with Crippen molar-refractivity contribution in [2.45, 2.75) is 0 Å². The van der Waals surface area contributed by atoms with E-state index >= 15 is 0 Å². The van der Waals surface area contributed by atoms with Gasteiger partial charge in [0.15, 0.2) is 0 Å². The molecule has 0 N–H and O–H groups in total. The summed E-state index contributed by atoms with van der Waals surface area (Å²) in [5.41, 5.74) is 5.64. The van der Waals surface area contributed by atoms with E-state index in [0.717, 1.165) is 0 Å². The maximum atomic E-state index is 2.26. The molecule has 20 heavy (non-hydrogen) atoms. The highest BCUT2D eigenvalue weighted by molar-refractivity contribution is 6.21. The summed E-state index contributed by atoms with van der Waals surface area (Å²) in [7, 11) is 0. The SMILES string of the molecule is c1ccc2c3c(ccc2c1)-c1ccc2ccccc2c1-3. The number of benzene rings is 4. The predicted octanol–water partition coefficient (Wildman–Crippen LogP) is 5.64. The first kappa shape index (κ1) is 10.2. The molecule has 0 heterocycles. The summed E-state index contributed by atoms with van der Waals surface area (Å²) in [5.74, 6) is 0. The molecule has 0 spiro atoms. The number of fused-ring (bicyclic) bond motifs is 8. The van der Waals surface area contributed by atoms with E-state index in [1.54, 1.807) is 0 Å². The van der Waals surface area contributed by atoms with Crippen LogP contribution in [0.2, 0.25) is 0 Å². The Kier molecular flexibility index (Phi) is 1.78. The Morgan fingerprint density at radius 3 is 1.35 bits per heavy atom. The van der Waals surface area contributed by atoms with Crippen LogP contribution >= 0.6 is 0 Å². The van der Waals surface area contributed by atoms with Crippen LogP contribution in [0, 0.1) is 0 Å². The average molecular weight is 252 g/mol. The third-order valence-electron chi connectivity index (χ3n) is 4.40. The van der Waals surface area contributed by atoms with Crippen molar-refractivity contribution in [2.24, 2.45) is 0 Å². The van der Waals surface area contributed by atoms with Crippen LogP contribution < -0.4 is 0 Å². The Bertz CT molecular complexity index is 910. The Hall–Kier alpha value is -2.60. The second-order valence-electron chi connectivity index (χ2n) is 5.42. The van der Waals surface area contributed by atoms with E-state index in [4.69, 9.17) is 0 Å². The van der Waals surface area contributed by atoms with E-state index in [1.807, 2.05) is 0 Å². The second-order valence-corrected chi connectivity index (χ2v) is 5.42. The zero-order chi connectivity index (χ0) is 13.1. The zero-order valence-corrected chi connectivity index (χ0v) is 10.9. The molecule has 1 aliphatic carbocycles. The van der Waals surface area contributed by atoms with Crippen molar-refractivity contribution < 1.29 is 0 Å². The molecule has 0 aromatic heterocycles. The van der Waals surface area contributed by atoms with E-state index in [2.05, 4.69) is 72.8 Å². The Labute approximate surface area is 117 Å². The van der Waals surface area contributed by atoms with Gasteiger partial charge in [0.1, 0.15) is 0 Å². The average Bonchev–Trinajstić information content (AvgIpc) is 2.49. The van der Waals surface area contributed by atoms with Crippen LogP contribution in [0.5, 0.6) is 0 Å². The van der Waals surface area contributed by atoms with Crippen LogP contribution in [0.3, 0.4) is 0 Å². The van der Waals surface area contributed by atoms with E-state index in [-0.39, 0.29) is 0 Å². The van der Waals surface area contributed by atoms with E-state index in [0.29, 0.717) is 0 Å². The van der Waals surface area contributed by atoms with Crippen LogP contribution in [0.1, 0.15) is 0 Å². The van der Waals surface area contributed by atoms with Crippen molar-refractivity contribution in [2.75, 3.05) is 0 Å². The number of hydrogen-bond acceptors (Lipinski definition) is 0. The van der Waals surface area contributed by atoms with Gasteiger partial charge in [-0.1, -0.05) is 72.8 Å². The topological polar surface area (TPSA) is 0 Å². The van der Waals surface area contributed by atoms with Crippen LogP contribution in [-0.2, 0) is 0 Å². The van der Waals surface area contributed by atoms with E-state index in [1.165, 1.54) is 43.8 Å². The number of rotatable bonds is 0. The van der Waals surface area contributed by atoms with Gasteiger partial charge >= 0.3 is 0 Å². The highest BCUT2D eigenvalue weighted by atomic mass is 14.3. The van der Waals surface area contributed by atoms with Gasteiger partial charge in [-0.05, 0) is 43.8 Å². The largest absolute Gasteiger partial charge is 0.0616 e. The normalized spacial score (nSPS) is 12.0. The Morgan fingerprint density at radius 2 is 0.850 bits per heavy atom. The molecule has 0 saturated carbocycles. The van der Waals surface area contributed by atoms with Crippen molar-refractivity contribution in [1.82, 2.24) is 0 Å². The van der Waals surface area contributed by atoms with Gasteiger partial charge in [0.2, 0.25) is 0 Å². The monoisotopic (exact) mass is 252 g/mol. The smallest absolute Gasteiger partial charge is 0.00141 e. The summed E-state index contributed by atoms with van der Waals surface area (Å²) >= 11 is 0. The highest BCUT2D eigenvalue weighted by Crippen LogP contribution is 2.53. The molecule has 0 saturated heterocycles. The summed E-state index contributed by atoms with van der Waals surface area (Å²) in [6.45, 7) is 0. The fourth-order valence-corrected chi connectivity index (χ4v) is 3.47. The first-order valence-electron chi connectivity index (χ1n) is 6.98. The molecule has 0 aliphatic heterocycles. The fraction of sp³-hybridized carbons (Fsp3) is 0. The van der Waals surface area contributed by atoms with Gasteiger partial charge in [-0.15, -0.1) is 0 Å². The van der Waals surface area contributed by atoms with Gasteiger partial charge in [-0.25, -0.2) is 0 Å². The lowest BCUT2D eigenvalue weighted by atomic mass is 9.75. The second kappa shape index (κ2) is 3.49. The minimum Gasteiger partial charge on any atom is -0.0616 e. The van der Waals surface area contributed by atoms with Crippen LogP contribution in [0.15, 0.2) is 72.8 Å². The molecule has 0 heteroatoms. The number of hydrogen-bond donors (Lipinski definition) is 0. The summed E-state index contributed by atoms with van der Waals surface area (Å²) in [6.07, 6.45) is 0. The summed E-state index contributed by atoms with van der Waals surface area (Å²) in [5, 5.41) is 5.39. The third-order valence-corrected chi connectivity index (χ3v) is 4.40. The zero-order valence-electron chi connectivity index (χ0n) is 10.9. The van der Waals surface area contributed by atoms with Crippen LogP contribution in [0.25, 0.3) is 43.8 Å². The lowest BCUT2D eigenvalue weighted by molar-refractivity contribution is 1.59. The predicted molar refractivity (Wildman–Crippen MR) is 85.9 cm³/mol. The van der Waals surface area contributed by atoms with Crippen LogP contribution in [0.4, 0.5) is 0 Å². The van der Waals surface area contributed by atoms with Crippen LogP contribution in [-0.4, -0.2) is 0 Å². The van der Waals surface area contributed by atoms with Crippen molar-refractivity contribution in [1.29, 1.82) is 0 Å². The molecular formula is C20H12. The lowest BCUT2D eigenvalue weighted by Crippen LogP contribution is -2.00. The van der Waals surface area contributed by atoms with Crippen molar-refractivity contribution >= 4 is 21.5 Å². The van der Waals surface area contributed by atoms with Gasteiger partial charge in [0, 0.05) is 0 Å². The maximum Gasteiger partial charge on any atom is -0.00141 e. The fourth-order valence-electron chi connectivity index (χ4n) is 3.47. The van der Waals surface area contributed by atoms with Crippen molar-refractivity contribution in [3.8, 4) is 22.3 Å². The molecule has 0 amide bonds. The van der Waals surface area contributed by atoms with Gasteiger partial charge in [-0.2, -0.15) is 0 Å². The highest BCUT2D eigenvalue weighted by Gasteiger charge is 2.25. The van der Waals surface area contributed by atoms with Gasteiger partial charge in [0.05, 0.1) is 0 Å². The minimum atomic E-state index is 1.32. The molecule has 0 radical (unpaired) electrons. The molecule has 0 fully saturated rings. The molecule has 4 aromatic carbocycles. The molecule has 5 rings (SSSR count). The summed E-state index contributed by atoms with van der Waals surface area (Å²) in [6, 6.07) is 26.3. The van der Waals surface area contributed by atoms with Crippen molar-refractivity contribution in [3.63, 3.8) is 0 Å². The van der Waals surface area contributed by atoms with E-state index in [9.17, 15) is 0 Å². The molecule has 4 aromatic rings. The van der Waals surface area contributed by atoms with Gasteiger partial charge in [-0.3, -0.25) is 0 Å². The van der Waals surface area contributed by atoms with Gasteiger partial charge in [0.25, 0.3) is 0 Å². The standard InChI is InChI=1S/C20H12/c1-3-7-15-13(5-1)9-11-17-18-12-10-14-6-2-4-8-16(14)20(18)19(15)17/h1-12H. The molecule has 92 valence electrons. The van der Waals surface area contributed by atoms with Crippen molar-refractivity contribution in [3.05, 3.63) is 72.8 Å². The van der Waals surface area contributed by atoms with E-state index < -0.39 is 0 Å². The van der Waals surface area contributed by atoms with Gasteiger partial charge < -0.3 is 0 Å². The lowest BCUT2D eigenvalue weighted by Gasteiger charge is -2.27. The quantitative estimate of drug-likeness (QED) is 0.334. The third kappa shape index (κ3) is 1.12. The molecule has 0 nitrogen and oxygen atoms in total. The first-order valence-corrected chi connectivity index (χ1v) is 6.98. The molecule has 1 aliphatic rings. The summed E-state index contributed by atoms with van der Waals surface area (Å²) in [4.78, 5) is 0. The first-order chi connectivity index (χ1) is 9.93. The summed E-state index contributed by atoms with van der Waals surface area (Å²) < 4.78 is 0. The maximum absolute atomic E-state index is 2.26. The Morgan fingerprint density at radius 1 is 0.400 bits per heavy atom. The molecule has 0 atom stereocenters. The minimum absolute atomic E-state index is 1.32. The molecule has 0 bridgehead atoms.